The highest BCUT2D eigenvalue weighted by atomic mass is 16.5. The normalized spacial score (nSPS) is 26.6. The first-order chi connectivity index (χ1) is 15.1. The molecule has 2 heterocycles. The van der Waals surface area contributed by atoms with E-state index in [-0.39, 0.29) is 22.2 Å². The second kappa shape index (κ2) is 9.90. The SMILES string of the molecule is CC1(C)CC([N+](C)(C)CCCCCC[N+](C)(C)C2CC(C)(C)N([O-])C(C)(C)C2)CC(C)(C)N1[O-]. The molecule has 0 spiro atoms. The number of hydrogen-bond acceptors (Lipinski definition) is 4. The van der Waals surface area contributed by atoms with Crippen LogP contribution in [0.1, 0.15) is 107 Å². The molecule has 0 aromatic rings. The molecule has 0 amide bonds. The Morgan fingerprint density at radius 2 is 0.765 bits per heavy atom. The standard InChI is InChI=1S/C28H58N4O2/c1-25(2)19-23(20-26(3,4)29(25)33)31(9,10)17-15-13-14-16-18-32(11,12)24-21-27(5,6)30(34)28(7,8)22-24/h23-24H,13-22H2,1-12H3. The zero-order valence-electron chi connectivity index (χ0n) is 24.8. The summed E-state index contributed by atoms with van der Waals surface area (Å²) >= 11 is 0. The first kappa shape index (κ1) is 30.0. The van der Waals surface area contributed by atoms with E-state index in [1.54, 1.807) is 0 Å². The van der Waals surface area contributed by atoms with Crippen molar-refractivity contribution < 1.29 is 8.97 Å². The van der Waals surface area contributed by atoms with Crippen LogP contribution in [-0.4, -0.2) is 94.6 Å². The molecule has 6 nitrogen and oxygen atoms in total. The van der Waals surface area contributed by atoms with Crippen LogP contribution >= 0.6 is 0 Å². The van der Waals surface area contributed by atoms with Gasteiger partial charge in [0.05, 0.1) is 53.4 Å². The Morgan fingerprint density at radius 3 is 1.00 bits per heavy atom. The van der Waals surface area contributed by atoms with Gasteiger partial charge in [0.1, 0.15) is 0 Å². The molecule has 0 saturated carbocycles. The lowest BCUT2D eigenvalue weighted by molar-refractivity contribution is -0.918. The van der Waals surface area contributed by atoms with Crippen molar-refractivity contribution in [2.24, 2.45) is 0 Å². The molecule has 0 unspecified atom stereocenters. The van der Waals surface area contributed by atoms with E-state index in [2.05, 4.69) is 83.6 Å². The van der Waals surface area contributed by atoms with Crippen molar-refractivity contribution in [1.29, 1.82) is 0 Å². The second-order valence-electron chi connectivity index (χ2n) is 15.4. The highest BCUT2D eigenvalue weighted by Crippen LogP contribution is 2.42. The van der Waals surface area contributed by atoms with Crippen molar-refractivity contribution in [3.63, 3.8) is 0 Å². The predicted octanol–water partition coefficient (Wildman–Crippen LogP) is 5.74. The minimum Gasteiger partial charge on any atom is -0.784 e. The van der Waals surface area contributed by atoms with Gasteiger partial charge in [0.2, 0.25) is 0 Å². The third-order valence-electron chi connectivity index (χ3n) is 9.34. The fraction of sp³-hybridized carbons (Fsp3) is 1.00. The predicted molar refractivity (Wildman–Crippen MR) is 145 cm³/mol. The van der Waals surface area contributed by atoms with Gasteiger partial charge in [0, 0.05) is 47.8 Å². The number of nitrogens with zero attached hydrogens (tertiary/aromatic N) is 4. The number of hydroxylamine groups is 4. The molecular weight excluding hydrogens is 424 g/mol. The van der Waals surface area contributed by atoms with Gasteiger partial charge < -0.3 is 29.5 Å². The van der Waals surface area contributed by atoms with E-state index in [1.165, 1.54) is 48.9 Å². The highest BCUT2D eigenvalue weighted by molar-refractivity contribution is 5.02. The Labute approximate surface area is 212 Å². The second-order valence-corrected chi connectivity index (χ2v) is 15.4. The van der Waals surface area contributed by atoms with Crippen LogP contribution in [0, 0.1) is 10.4 Å². The largest absolute Gasteiger partial charge is 0.784 e. The lowest BCUT2D eigenvalue weighted by Crippen LogP contribution is -2.65. The first-order valence-corrected chi connectivity index (χ1v) is 13.7. The quantitative estimate of drug-likeness (QED) is 0.311. The number of piperidine rings is 2. The highest BCUT2D eigenvalue weighted by Gasteiger charge is 2.47. The fourth-order valence-electron chi connectivity index (χ4n) is 7.17. The summed E-state index contributed by atoms with van der Waals surface area (Å²) in [6, 6.07) is 1.06. The van der Waals surface area contributed by atoms with Gasteiger partial charge in [-0.25, -0.2) is 0 Å². The van der Waals surface area contributed by atoms with E-state index >= 15 is 0 Å². The van der Waals surface area contributed by atoms with Crippen molar-refractivity contribution >= 4 is 0 Å². The zero-order chi connectivity index (χ0) is 26.4. The molecule has 34 heavy (non-hydrogen) atoms. The van der Waals surface area contributed by atoms with Crippen LogP contribution in [0.4, 0.5) is 0 Å². The molecule has 0 radical (unpaired) electrons. The van der Waals surface area contributed by atoms with E-state index in [4.69, 9.17) is 0 Å². The van der Waals surface area contributed by atoms with Crippen LogP contribution in [0.15, 0.2) is 0 Å². The van der Waals surface area contributed by atoms with Gasteiger partial charge in [-0.3, -0.25) is 0 Å². The molecule has 2 rings (SSSR count). The minimum atomic E-state index is -0.295. The Hall–Kier alpha value is -0.240. The molecule has 2 fully saturated rings. The molecule has 0 aliphatic carbocycles. The maximum atomic E-state index is 12.7. The maximum absolute atomic E-state index is 12.7. The summed E-state index contributed by atoms with van der Waals surface area (Å²) in [5.41, 5.74) is -1.18. The Morgan fingerprint density at radius 1 is 0.529 bits per heavy atom. The molecule has 2 saturated heterocycles. The molecule has 0 aromatic carbocycles. The van der Waals surface area contributed by atoms with E-state index in [0.717, 1.165) is 34.6 Å². The zero-order valence-corrected chi connectivity index (χ0v) is 24.8. The molecule has 202 valence electrons. The summed E-state index contributed by atoms with van der Waals surface area (Å²) in [6.07, 6.45) is 8.89. The molecule has 0 atom stereocenters. The van der Waals surface area contributed by atoms with Gasteiger partial charge in [-0.2, -0.15) is 0 Å². The van der Waals surface area contributed by atoms with Crippen molar-refractivity contribution in [3.8, 4) is 0 Å². The number of quaternary nitrogens is 2. The minimum absolute atomic E-state index is 0.295. The molecule has 0 bridgehead atoms. The third-order valence-corrected chi connectivity index (χ3v) is 9.34. The Balaban J connectivity index is 1.80. The summed E-state index contributed by atoms with van der Waals surface area (Å²) < 4.78 is 2.03. The van der Waals surface area contributed by atoms with E-state index < -0.39 is 0 Å². The van der Waals surface area contributed by atoms with E-state index in [9.17, 15) is 10.4 Å². The van der Waals surface area contributed by atoms with Crippen molar-refractivity contribution in [3.05, 3.63) is 10.4 Å². The van der Waals surface area contributed by atoms with Gasteiger partial charge in [0.15, 0.2) is 0 Å². The molecule has 0 N–H and O–H groups in total. The molecule has 6 heteroatoms. The summed E-state index contributed by atoms with van der Waals surface area (Å²) in [7, 11) is 9.46. The van der Waals surface area contributed by atoms with Gasteiger partial charge in [-0.15, -0.1) is 0 Å². The fourth-order valence-corrected chi connectivity index (χ4v) is 7.17. The topological polar surface area (TPSA) is 52.6 Å². The molecule has 0 aromatic heterocycles. The Kier molecular flexibility index (Phi) is 8.74. The van der Waals surface area contributed by atoms with Gasteiger partial charge in [-0.1, -0.05) is 0 Å². The monoisotopic (exact) mass is 482 g/mol. The summed E-state index contributed by atoms with van der Waals surface area (Å²) in [4.78, 5) is 0. The van der Waals surface area contributed by atoms with Crippen molar-refractivity contribution in [2.45, 2.75) is 141 Å². The summed E-state index contributed by atoms with van der Waals surface area (Å²) in [5, 5.41) is 28.2. The number of hydrogen-bond donors (Lipinski definition) is 0. The van der Waals surface area contributed by atoms with Crippen molar-refractivity contribution in [1.82, 2.24) is 10.1 Å². The third kappa shape index (κ3) is 6.74. The Bertz CT molecular complexity index is 590. The van der Waals surface area contributed by atoms with Crippen LogP contribution in [0.5, 0.6) is 0 Å². The van der Waals surface area contributed by atoms with Crippen LogP contribution in [0.2, 0.25) is 0 Å². The molecular formula is C28H58N4O2. The van der Waals surface area contributed by atoms with Crippen molar-refractivity contribution in [2.75, 3.05) is 41.3 Å². The van der Waals surface area contributed by atoms with E-state index in [0.29, 0.717) is 12.1 Å². The lowest BCUT2D eigenvalue weighted by atomic mass is 9.77. The van der Waals surface area contributed by atoms with Crippen LogP contribution in [0.3, 0.4) is 0 Å². The molecule has 2 aliphatic heterocycles. The maximum Gasteiger partial charge on any atom is 0.0920 e. The average Bonchev–Trinajstić information content (AvgIpc) is 2.65. The smallest absolute Gasteiger partial charge is 0.0920 e. The molecule has 2 aliphatic rings. The number of unbranched alkanes of at least 4 members (excludes halogenated alkanes) is 3. The lowest BCUT2D eigenvalue weighted by Gasteiger charge is -2.61. The van der Waals surface area contributed by atoms with Crippen LogP contribution in [0.25, 0.3) is 0 Å². The first-order valence-electron chi connectivity index (χ1n) is 13.7. The van der Waals surface area contributed by atoms with Gasteiger partial charge >= 0.3 is 0 Å². The van der Waals surface area contributed by atoms with E-state index in [1.807, 2.05) is 0 Å². The summed E-state index contributed by atoms with van der Waals surface area (Å²) in [6.45, 7) is 19.2. The van der Waals surface area contributed by atoms with Crippen LogP contribution in [-0.2, 0) is 0 Å². The van der Waals surface area contributed by atoms with Crippen LogP contribution < -0.4 is 0 Å². The number of rotatable bonds is 9. The van der Waals surface area contributed by atoms with Gasteiger partial charge in [0.25, 0.3) is 0 Å². The summed E-state index contributed by atoms with van der Waals surface area (Å²) in [5.74, 6) is 0. The average molecular weight is 483 g/mol. The van der Waals surface area contributed by atoms with Gasteiger partial charge in [-0.05, 0) is 81.1 Å².